The number of hydrogen-bond acceptors (Lipinski definition) is 3. The van der Waals surface area contributed by atoms with Gasteiger partial charge in [-0.05, 0) is 61.2 Å². The maximum atomic E-state index is 12.9. The third-order valence-corrected chi connectivity index (χ3v) is 5.55. The monoisotopic (exact) mass is 449 g/mol. The quantitative estimate of drug-likeness (QED) is 0.714. The van der Waals surface area contributed by atoms with Gasteiger partial charge in [-0.1, -0.05) is 26.8 Å². The van der Waals surface area contributed by atoms with E-state index in [0.29, 0.717) is 17.1 Å². The van der Waals surface area contributed by atoms with Crippen molar-refractivity contribution in [1.29, 1.82) is 0 Å². The molecule has 1 fully saturated rings. The van der Waals surface area contributed by atoms with Gasteiger partial charge in [0, 0.05) is 55.7 Å². The summed E-state index contributed by atoms with van der Waals surface area (Å²) in [5.74, 6) is 0.331. The minimum absolute atomic E-state index is 0.0686. The summed E-state index contributed by atoms with van der Waals surface area (Å²) in [7, 11) is 3.89. The molecule has 0 spiro atoms. The molecule has 2 amide bonds. The Morgan fingerprint density at radius 3 is 2.24 bits per heavy atom. The second kappa shape index (κ2) is 9.65. The summed E-state index contributed by atoms with van der Waals surface area (Å²) in [6.45, 7) is 11.9. The number of nitrogens with one attached hydrogen (secondary N) is 2. The number of guanidine groups is 1. The van der Waals surface area contributed by atoms with E-state index in [4.69, 9.17) is 0 Å². The van der Waals surface area contributed by atoms with Crippen molar-refractivity contribution in [3.63, 3.8) is 0 Å². The van der Waals surface area contributed by atoms with Crippen molar-refractivity contribution >= 4 is 29.1 Å². The number of carbonyl (C=O) groups excluding carboxylic acids is 2. The number of nitrogens with zero attached hydrogens (tertiary/aromatic N) is 3. The highest BCUT2D eigenvalue weighted by Gasteiger charge is 2.24. The third-order valence-electron chi connectivity index (χ3n) is 5.55. The maximum absolute atomic E-state index is 12.9. The van der Waals surface area contributed by atoms with Crippen molar-refractivity contribution in [2.75, 3.05) is 32.5 Å². The molecule has 176 valence electrons. The van der Waals surface area contributed by atoms with E-state index in [-0.39, 0.29) is 23.3 Å². The lowest BCUT2D eigenvalue weighted by Crippen LogP contribution is -2.30. The maximum Gasteiger partial charge on any atom is 0.280 e. The first kappa shape index (κ1) is 24.3. The normalized spacial score (nSPS) is 14.0. The molecule has 1 aliphatic heterocycles. The van der Waals surface area contributed by atoms with Gasteiger partial charge in [-0.25, -0.2) is 0 Å². The highest BCUT2D eigenvalue weighted by molar-refractivity contribution is 6.03. The van der Waals surface area contributed by atoms with E-state index < -0.39 is 0 Å². The summed E-state index contributed by atoms with van der Waals surface area (Å²) < 4.78 is 0. The van der Waals surface area contributed by atoms with Gasteiger partial charge in [0.1, 0.15) is 0 Å². The van der Waals surface area contributed by atoms with Gasteiger partial charge in [0.05, 0.1) is 0 Å². The number of anilines is 2. The predicted molar refractivity (Wildman–Crippen MR) is 134 cm³/mol. The fraction of sp³-hybridized carbons (Fsp3) is 0.423. The van der Waals surface area contributed by atoms with Crippen LogP contribution >= 0.6 is 0 Å². The molecule has 0 atom stereocenters. The second-order valence-corrected chi connectivity index (χ2v) is 9.90. The van der Waals surface area contributed by atoms with Crippen LogP contribution in [0.15, 0.2) is 47.5 Å². The molecular formula is C26H35N5O2. The smallest absolute Gasteiger partial charge is 0.280 e. The van der Waals surface area contributed by atoms with E-state index in [9.17, 15) is 9.59 Å². The molecule has 7 heteroatoms. The Morgan fingerprint density at radius 1 is 0.970 bits per heavy atom. The number of amides is 2. The molecule has 0 radical (unpaired) electrons. The average molecular weight is 450 g/mol. The molecule has 0 saturated carbocycles. The molecule has 1 aliphatic rings. The minimum atomic E-state index is -0.255. The van der Waals surface area contributed by atoms with Crippen molar-refractivity contribution in [1.82, 2.24) is 15.1 Å². The van der Waals surface area contributed by atoms with Crippen molar-refractivity contribution in [3.05, 3.63) is 59.2 Å². The average Bonchev–Trinajstić information content (AvgIpc) is 3.05. The van der Waals surface area contributed by atoms with Crippen LogP contribution in [-0.4, -0.2) is 60.8 Å². The van der Waals surface area contributed by atoms with Crippen LogP contribution in [-0.2, 0) is 5.41 Å². The molecule has 2 aromatic carbocycles. The van der Waals surface area contributed by atoms with Gasteiger partial charge in [-0.3, -0.25) is 9.59 Å². The number of hydrogen-bond donors (Lipinski definition) is 2. The zero-order valence-corrected chi connectivity index (χ0v) is 20.7. The van der Waals surface area contributed by atoms with Crippen LogP contribution in [0.5, 0.6) is 0 Å². The van der Waals surface area contributed by atoms with Crippen LogP contribution in [0.1, 0.15) is 60.9 Å². The lowest BCUT2D eigenvalue weighted by atomic mass is 9.84. The van der Waals surface area contributed by atoms with E-state index in [1.165, 1.54) is 0 Å². The van der Waals surface area contributed by atoms with E-state index in [0.717, 1.165) is 30.0 Å². The van der Waals surface area contributed by atoms with Crippen LogP contribution in [0.4, 0.5) is 11.4 Å². The number of aliphatic imine (C=N–C) groups is 1. The highest BCUT2D eigenvalue weighted by atomic mass is 16.2. The Labute approximate surface area is 196 Å². The number of rotatable bonds is 5. The van der Waals surface area contributed by atoms with Gasteiger partial charge in [-0.15, -0.1) is 0 Å². The lowest BCUT2D eigenvalue weighted by Gasteiger charge is -2.24. The first-order valence-corrected chi connectivity index (χ1v) is 11.3. The molecule has 0 aromatic heterocycles. The zero-order chi connectivity index (χ0) is 24.3. The summed E-state index contributed by atoms with van der Waals surface area (Å²) in [6, 6.07) is 13.1. The van der Waals surface area contributed by atoms with Crippen LogP contribution in [0.25, 0.3) is 0 Å². The second-order valence-electron chi connectivity index (χ2n) is 9.90. The third kappa shape index (κ3) is 5.92. The molecule has 1 saturated heterocycles. The Bertz CT molecular complexity index is 1060. The van der Waals surface area contributed by atoms with E-state index in [2.05, 4.69) is 36.4 Å². The van der Waals surface area contributed by atoms with E-state index in [1.807, 2.05) is 68.1 Å². The first-order chi connectivity index (χ1) is 15.5. The molecule has 0 unspecified atom stereocenters. The Hall–Kier alpha value is -3.35. The van der Waals surface area contributed by atoms with Gasteiger partial charge in [0.15, 0.2) is 0 Å². The standard InChI is InChI=1S/C26H35N5O2/c1-17(2)27-23(32)18-9-8-10-20(15-18)28-22-12-11-19(16-21(22)26(3,4)5)24(33)29-25-30(6)13-14-31(25)7/h8-12,15-17,28H,13-14H2,1-7H3,(H,27,32). The number of carbonyl (C=O) groups is 2. The van der Waals surface area contributed by atoms with Crippen LogP contribution in [0.3, 0.4) is 0 Å². The summed E-state index contributed by atoms with van der Waals surface area (Å²) in [4.78, 5) is 33.7. The van der Waals surface area contributed by atoms with Gasteiger partial charge < -0.3 is 20.4 Å². The molecule has 0 aliphatic carbocycles. The predicted octanol–water partition coefficient (Wildman–Crippen LogP) is 4.24. The van der Waals surface area contributed by atoms with Crippen molar-refractivity contribution in [2.24, 2.45) is 4.99 Å². The highest BCUT2D eigenvalue weighted by Crippen LogP contribution is 2.33. The zero-order valence-electron chi connectivity index (χ0n) is 20.7. The van der Waals surface area contributed by atoms with Gasteiger partial charge in [0.2, 0.25) is 5.96 Å². The minimum Gasteiger partial charge on any atom is -0.355 e. The van der Waals surface area contributed by atoms with Gasteiger partial charge in [-0.2, -0.15) is 4.99 Å². The molecule has 0 bridgehead atoms. The fourth-order valence-corrected chi connectivity index (χ4v) is 3.76. The summed E-state index contributed by atoms with van der Waals surface area (Å²) in [5, 5.41) is 6.36. The number of likely N-dealkylation sites (N-methyl/N-ethyl adjacent to an activating group) is 2. The summed E-state index contributed by atoms with van der Waals surface area (Å²) >= 11 is 0. The van der Waals surface area contributed by atoms with E-state index in [1.54, 1.807) is 12.1 Å². The molecule has 2 aromatic rings. The summed E-state index contributed by atoms with van der Waals surface area (Å²) in [5.41, 5.74) is 3.64. The van der Waals surface area contributed by atoms with Crippen LogP contribution < -0.4 is 10.6 Å². The van der Waals surface area contributed by atoms with Gasteiger partial charge >= 0.3 is 0 Å². The molecule has 3 rings (SSSR count). The Kier molecular flexibility index (Phi) is 7.10. The molecule has 33 heavy (non-hydrogen) atoms. The fourth-order valence-electron chi connectivity index (χ4n) is 3.76. The van der Waals surface area contributed by atoms with Crippen molar-refractivity contribution in [2.45, 2.75) is 46.1 Å². The molecule has 7 nitrogen and oxygen atoms in total. The Morgan fingerprint density at radius 2 is 1.64 bits per heavy atom. The van der Waals surface area contributed by atoms with Crippen LogP contribution in [0, 0.1) is 0 Å². The SMILES string of the molecule is CC(C)NC(=O)c1cccc(Nc2ccc(C(=O)N=C3N(C)CCN3C)cc2C(C)(C)C)c1. The van der Waals surface area contributed by atoms with Crippen molar-refractivity contribution < 1.29 is 9.59 Å². The summed E-state index contributed by atoms with van der Waals surface area (Å²) in [6.07, 6.45) is 0. The topological polar surface area (TPSA) is 77.0 Å². The number of benzene rings is 2. The first-order valence-electron chi connectivity index (χ1n) is 11.3. The molecule has 1 heterocycles. The van der Waals surface area contributed by atoms with E-state index >= 15 is 0 Å². The van der Waals surface area contributed by atoms with Crippen LogP contribution in [0.2, 0.25) is 0 Å². The lowest BCUT2D eigenvalue weighted by molar-refractivity contribution is 0.0942. The Balaban J connectivity index is 1.90. The molecule has 2 N–H and O–H groups in total. The van der Waals surface area contributed by atoms with Crippen molar-refractivity contribution in [3.8, 4) is 0 Å². The van der Waals surface area contributed by atoms with Gasteiger partial charge in [0.25, 0.3) is 11.8 Å². The largest absolute Gasteiger partial charge is 0.355 e. The molecular weight excluding hydrogens is 414 g/mol.